The van der Waals surface area contributed by atoms with Crippen molar-refractivity contribution in [1.29, 1.82) is 0 Å². The highest BCUT2D eigenvalue weighted by atomic mass is 15.3. The zero-order valence-corrected chi connectivity index (χ0v) is 15.3. The van der Waals surface area contributed by atoms with E-state index in [9.17, 15) is 0 Å². The van der Waals surface area contributed by atoms with E-state index in [4.69, 9.17) is 0 Å². The average Bonchev–Trinajstić information content (AvgIpc) is 3.13. The predicted molar refractivity (Wildman–Crippen MR) is 112 cm³/mol. The Balaban J connectivity index is 1.37. The Bertz CT molecular complexity index is 1180. The first-order valence-electron chi connectivity index (χ1n) is 9.85. The van der Waals surface area contributed by atoms with Crippen molar-refractivity contribution in [3.05, 3.63) is 95.1 Å². The van der Waals surface area contributed by atoms with Crippen molar-refractivity contribution in [2.45, 2.75) is 25.7 Å². The maximum atomic E-state index is 3.76. The molecule has 0 fully saturated rings. The van der Waals surface area contributed by atoms with Crippen LogP contribution in [0.5, 0.6) is 0 Å². The summed E-state index contributed by atoms with van der Waals surface area (Å²) in [4.78, 5) is 2.61. The highest BCUT2D eigenvalue weighted by Crippen LogP contribution is 2.35. The molecule has 1 unspecified atom stereocenters. The summed E-state index contributed by atoms with van der Waals surface area (Å²) in [7, 11) is 0. The van der Waals surface area contributed by atoms with Crippen LogP contribution in [0.4, 0.5) is 0 Å². The quantitative estimate of drug-likeness (QED) is 0.510. The Morgan fingerprint density at radius 2 is 1.30 bits per heavy atom. The third-order valence-corrected chi connectivity index (χ3v) is 6.26. The SMILES string of the molecule is c1ccc2cc3c(cc2c1)CCN(C1NCc2cc4ccccc4cc21)C3. The van der Waals surface area contributed by atoms with E-state index in [0.29, 0.717) is 6.17 Å². The topological polar surface area (TPSA) is 15.3 Å². The lowest BCUT2D eigenvalue weighted by Gasteiger charge is -2.34. The van der Waals surface area contributed by atoms with Crippen molar-refractivity contribution in [2.75, 3.05) is 6.54 Å². The van der Waals surface area contributed by atoms with Crippen LogP contribution in [-0.4, -0.2) is 11.4 Å². The Labute approximate surface area is 159 Å². The number of fused-ring (bicyclic) bond motifs is 4. The first-order valence-corrected chi connectivity index (χ1v) is 9.85. The van der Waals surface area contributed by atoms with Gasteiger partial charge in [-0.2, -0.15) is 0 Å². The molecule has 0 saturated heterocycles. The van der Waals surface area contributed by atoms with Crippen LogP contribution in [0.2, 0.25) is 0 Å². The van der Waals surface area contributed by atoms with Crippen LogP contribution in [0.1, 0.15) is 28.4 Å². The summed E-state index contributed by atoms with van der Waals surface area (Å²) in [6, 6.07) is 27.0. The Morgan fingerprint density at radius 3 is 2.00 bits per heavy atom. The zero-order valence-electron chi connectivity index (χ0n) is 15.3. The average molecular weight is 350 g/mol. The summed E-state index contributed by atoms with van der Waals surface area (Å²) in [6.45, 7) is 3.09. The van der Waals surface area contributed by atoms with Gasteiger partial charge in [0.1, 0.15) is 0 Å². The molecule has 27 heavy (non-hydrogen) atoms. The predicted octanol–water partition coefficient (Wildman–Crippen LogP) is 5.15. The minimum Gasteiger partial charge on any atom is -0.294 e. The van der Waals surface area contributed by atoms with Crippen molar-refractivity contribution in [1.82, 2.24) is 10.2 Å². The maximum Gasteiger partial charge on any atom is 0.0869 e. The third kappa shape index (κ3) is 2.48. The molecule has 6 rings (SSSR count). The van der Waals surface area contributed by atoms with E-state index in [1.807, 2.05) is 0 Å². The molecule has 2 heterocycles. The van der Waals surface area contributed by atoms with Crippen LogP contribution in [0.3, 0.4) is 0 Å². The van der Waals surface area contributed by atoms with Gasteiger partial charge < -0.3 is 0 Å². The van der Waals surface area contributed by atoms with Crippen molar-refractivity contribution < 1.29 is 0 Å². The standard InChI is InChI=1S/C25H22N2/c1-2-7-19-13-23-16-27(10-9-21(23)11-17(19)5-1)25-24-14-20-8-4-3-6-18(20)12-22(24)15-26-25/h1-8,11-14,25-26H,9-10,15-16H2. The highest BCUT2D eigenvalue weighted by molar-refractivity contribution is 5.85. The van der Waals surface area contributed by atoms with Gasteiger partial charge in [-0.1, -0.05) is 54.6 Å². The van der Waals surface area contributed by atoms with Gasteiger partial charge in [-0.3, -0.25) is 10.2 Å². The van der Waals surface area contributed by atoms with Crippen LogP contribution >= 0.6 is 0 Å². The molecule has 2 nitrogen and oxygen atoms in total. The van der Waals surface area contributed by atoms with E-state index in [2.05, 4.69) is 83.0 Å². The molecule has 132 valence electrons. The molecule has 0 aromatic heterocycles. The van der Waals surface area contributed by atoms with Gasteiger partial charge in [0.05, 0.1) is 6.17 Å². The molecule has 1 atom stereocenters. The molecule has 0 bridgehead atoms. The van der Waals surface area contributed by atoms with Crippen LogP contribution < -0.4 is 5.32 Å². The number of hydrogen-bond donors (Lipinski definition) is 1. The third-order valence-electron chi connectivity index (χ3n) is 6.26. The summed E-state index contributed by atoms with van der Waals surface area (Å²) >= 11 is 0. The van der Waals surface area contributed by atoms with Crippen molar-refractivity contribution in [2.24, 2.45) is 0 Å². The number of nitrogens with zero attached hydrogens (tertiary/aromatic N) is 1. The summed E-state index contributed by atoms with van der Waals surface area (Å²) in [5.41, 5.74) is 5.90. The monoisotopic (exact) mass is 350 g/mol. The van der Waals surface area contributed by atoms with Gasteiger partial charge in [0.15, 0.2) is 0 Å². The second-order valence-corrected chi connectivity index (χ2v) is 7.87. The molecule has 1 N–H and O–H groups in total. The Morgan fingerprint density at radius 1 is 0.704 bits per heavy atom. The summed E-state index contributed by atoms with van der Waals surface area (Å²) in [5.74, 6) is 0. The van der Waals surface area contributed by atoms with E-state index < -0.39 is 0 Å². The van der Waals surface area contributed by atoms with Gasteiger partial charge in [0.2, 0.25) is 0 Å². The maximum absolute atomic E-state index is 3.76. The van der Waals surface area contributed by atoms with E-state index in [1.54, 1.807) is 0 Å². The van der Waals surface area contributed by atoms with Crippen molar-refractivity contribution in [3.63, 3.8) is 0 Å². The molecule has 0 aliphatic carbocycles. The number of benzene rings is 4. The van der Waals surface area contributed by atoms with Crippen molar-refractivity contribution >= 4 is 21.5 Å². The lowest BCUT2D eigenvalue weighted by atomic mass is 9.94. The van der Waals surface area contributed by atoms with Gasteiger partial charge in [-0.05, 0) is 68.4 Å². The molecule has 0 amide bonds. The first kappa shape index (κ1) is 15.4. The first-order chi connectivity index (χ1) is 13.3. The van der Waals surface area contributed by atoms with Gasteiger partial charge in [0, 0.05) is 19.6 Å². The Kier molecular flexibility index (Phi) is 3.37. The minimum absolute atomic E-state index is 0.323. The molecule has 0 saturated carbocycles. The van der Waals surface area contributed by atoms with Crippen LogP contribution in [-0.2, 0) is 19.5 Å². The second kappa shape index (κ2) is 5.91. The molecule has 2 heteroatoms. The molecular weight excluding hydrogens is 328 g/mol. The minimum atomic E-state index is 0.323. The lowest BCUT2D eigenvalue weighted by Crippen LogP contribution is -2.38. The van der Waals surface area contributed by atoms with Crippen LogP contribution in [0.15, 0.2) is 72.8 Å². The fourth-order valence-electron chi connectivity index (χ4n) is 4.85. The molecule has 4 aromatic carbocycles. The fourth-order valence-corrected chi connectivity index (χ4v) is 4.85. The van der Waals surface area contributed by atoms with Gasteiger partial charge in [0.25, 0.3) is 0 Å². The van der Waals surface area contributed by atoms with E-state index in [0.717, 1.165) is 26.1 Å². The molecule has 2 aliphatic heterocycles. The number of hydrogen-bond acceptors (Lipinski definition) is 2. The Hall–Kier alpha value is -2.68. The highest BCUT2D eigenvalue weighted by Gasteiger charge is 2.30. The van der Waals surface area contributed by atoms with Gasteiger partial charge in [-0.15, -0.1) is 0 Å². The van der Waals surface area contributed by atoms with E-state index >= 15 is 0 Å². The second-order valence-electron chi connectivity index (χ2n) is 7.87. The molecule has 0 spiro atoms. The summed E-state index contributed by atoms with van der Waals surface area (Å²) in [6.07, 6.45) is 1.45. The summed E-state index contributed by atoms with van der Waals surface area (Å²) in [5, 5.41) is 9.16. The molecule has 2 aliphatic rings. The zero-order chi connectivity index (χ0) is 17.8. The largest absolute Gasteiger partial charge is 0.294 e. The summed E-state index contributed by atoms with van der Waals surface area (Å²) < 4.78 is 0. The van der Waals surface area contributed by atoms with Crippen LogP contribution in [0, 0.1) is 0 Å². The normalized spacial score (nSPS) is 19.3. The lowest BCUT2D eigenvalue weighted by molar-refractivity contribution is 0.158. The van der Waals surface area contributed by atoms with Crippen molar-refractivity contribution in [3.8, 4) is 0 Å². The molecular formula is C25H22N2. The van der Waals surface area contributed by atoms with E-state index in [1.165, 1.54) is 43.8 Å². The smallest absolute Gasteiger partial charge is 0.0869 e. The number of rotatable bonds is 1. The fraction of sp³-hybridized carbons (Fsp3) is 0.200. The number of nitrogens with one attached hydrogen (secondary N) is 1. The molecule has 0 radical (unpaired) electrons. The van der Waals surface area contributed by atoms with Gasteiger partial charge in [-0.25, -0.2) is 0 Å². The van der Waals surface area contributed by atoms with Gasteiger partial charge >= 0.3 is 0 Å². The molecule has 4 aromatic rings. The van der Waals surface area contributed by atoms with E-state index in [-0.39, 0.29) is 0 Å². The van der Waals surface area contributed by atoms with Crippen LogP contribution in [0.25, 0.3) is 21.5 Å².